The van der Waals surface area contributed by atoms with Crippen LogP contribution in [0.1, 0.15) is 30.4 Å². The van der Waals surface area contributed by atoms with E-state index in [4.69, 9.17) is 19.4 Å². The zero-order chi connectivity index (χ0) is 23.0. The van der Waals surface area contributed by atoms with E-state index in [-0.39, 0.29) is 11.7 Å². The minimum Gasteiger partial charge on any atom is -0.475 e. The van der Waals surface area contributed by atoms with E-state index in [1.165, 1.54) is 11.1 Å². The molecule has 2 fully saturated rings. The summed E-state index contributed by atoms with van der Waals surface area (Å²) in [5.41, 5.74) is 2.61. The van der Waals surface area contributed by atoms with E-state index in [2.05, 4.69) is 46.3 Å². The molecule has 1 aromatic heterocycles. The first-order valence-corrected chi connectivity index (χ1v) is 10.5. The van der Waals surface area contributed by atoms with Crippen LogP contribution in [0.25, 0.3) is 0 Å². The summed E-state index contributed by atoms with van der Waals surface area (Å²) in [4.78, 5) is 15.5. The Balaban J connectivity index is 0.000000360. The molecule has 2 aliphatic rings. The fraction of sp³-hybridized carbons (Fsp3) is 0.478. The average molecular weight is 452 g/mol. The summed E-state index contributed by atoms with van der Waals surface area (Å²) < 4.78 is 44.0. The SMILES string of the molecule is O=C(O)C(F)(F)F.c1ccc(COC2COC3(CCN(Cc4ccncc4)CC3)C2)cc1. The molecule has 32 heavy (non-hydrogen) atoms. The van der Waals surface area contributed by atoms with Gasteiger partial charge < -0.3 is 14.6 Å². The van der Waals surface area contributed by atoms with Gasteiger partial charge in [-0.3, -0.25) is 9.88 Å². The fourth-order valence-electron chi connectivity index (χ4n) is 3.91. The minimum absolute atomic E-state index is 0.0378. The number of carboxylic acid groups (broad SMARTS) is 1. The molecule has 174 valence electrons. The van der Waals surface area contributed by atoms with Crippen molar-refractivity contribution in [2.24, 2.45) is 0 Å². The first-order chi connectivity index (χ1) is 15.3. The lowest BCUT2D eigenvalue weighted by atomic mass is 9.88. The number of ether oxygens (including phenoxy) is 2. The molecule has 1 unspecified atom stereocenters. The molecule has 0 saturated carbocycles. The predicted octanol–water partition coefficient (Wildman–Crippen LogP) is 4.06. The maximum Gasteiger partial charge on any atom is 0.490 e. The Hall–Kier alpha value is -2.49. The van der Waals surface area contributed by atoms with Crippen molar-refractivity contribution in [3.05, 3.63) is 66.0 Å². The molecule has 1 atom stereocenters. The number of aliphatic carboxylic acids is 1. The number of benzene rings is 1. The standard InChI is InChI=1S/C21H26N2O2.C2HF3O2/c1-2-4-19(5-3-1)16-24-20-14-21(25-17-20)8-12-23(13-9-21)15-18-6-10-22-11-7-18;3-2(4,5)1(6)7/h1-7,10-11,20H,8-9,12-17H2;(H,6,7). The Labute approximate surface area is 185 Å². The van der Waals surface area contributed by atoms with Crippen LogP contribution in [0.3, 0.4) is 0 Å². The summed E-state index contributed by atoms with van der Waals surface area (Å²) in [5.74, 6) is -2.76. The molecule has 0 amide bonds. The Kier molecular flexibility index (Phi) is 8.22. The maximum atomic E-state index is 10.6. The van der Waals surface area contributed by atoms with E-state index in [9.17, 15) is 13.2 Å². The van der Waals surface area contributed by atoms with Crippen molar-refractivity contribution in [2.75, 3.05) is 19.7 Å². The predicted molar refractivity (Wildman–Crippen MR) is 111 cm³/mol. The molecule has 4 rings (SSSR count). The van der Waals surface area contributed by atoms with E-state index in [1.54, 1.807) is 0 Å². The second-order valence-corrected chi connectivity index (χ2v) is 8.05. The summed E-state index contributed by atoms with van der Waals surface area (Å²) in [7, 11) is 0. The highest BCUT2D eigenvalue weighted by molar-refractivity contribution is 5.73. The van der Waals surface area contributed by atoms with Gasteiger partial charge in [0.2, 0.25) is 0 Å². The summed E-state index contributed by atoms with van der Waals surface area (Å²) in [6, 6.07) is 14.6. The fourth-order valence-corrected chi connectivity index (χ4v) is 3.91. The number of pyridine rings is 1. The second kappa shape index (κ2) is 10.9. The van der Waals surface area contributed by atoms with Gasteiger partial charge in [0.05, 0.1) is 24.9 Å². The van der Waals surface area contributed by atoms with E-state index in [0.29, 0.717) is 6.61 Å². The molecule has 6 nitrogen and oxygen atoms in total. The number of nitrogens with zero attached hydrogens (tertiary/aromatic N) is 2. The number of piperidine rings is 1. The van der Waals surface area contributed by atoms with Crippen molar-refractivity contribution in [2.45, 2.75) is 50.3 Å². The molecule has 0 bridgehead atoms. The second-order valence-electron chi connectivity index (χ2n) is 8.05. The normalized spacial score (nSPS) is 20.5. The molecular weight excluding hydrogens is 425 g/mol. The number of hydrogen-bond donors (Lipinski definition) is 1. The number of carboxylic acids is 1. The third-order valence-corrected chi connectivity index (χ3v) is 5.67. The number of aromatic nitrogens is 1. The Morgan fingerprint density at radius 2 is 1.75 bits per heavy atom. The third-order valence-electron chi connectivity index (χ3n) is 5.67. The molecule has 0 radical (unpaired) electrons. The summed E-state index contributed by atoms with van der Waals surface area (Å²) >= 11 is 0. The van der Waals surface area contributed by atoms with Crippen molar-refractivity contribution < 1.29 is 32.5 Å². The van der Waals surface area contributed by atoms with Crippen LogP contribution in [0.2, 0.25) is 0 Å². The highest BCUT2D eigenvalue weighted by Gasteiger charge is 2.43. The number of likely N-dealkylation sites (tertiary alicyclic amines) is 1. The lowest BCUT2D eigenvalue weighted by molar-refractivity contribution is -0.192. The van der Waals surface area contributed by atoms with Gasteiger partial charge in [-0.25, -0.2) is 4.79 Å². The summed E-state index contributed by atoms with van der Waals surface area (Å²) in [5, 5.41) is 7.12. The van der Waals surface area contributed by atoms with Crippen LogP contribution >= 0.6 is 0 Å². The summed E-state index contributed by atoms with van der Waals surface area (Å²) in [6.07, 6.45) is 2.12. The molecule has 2 saturated heterocycles. The van der Waals surface area contributed by atoms with E-state index in [1.807, 2.05) is 18.5 Å². The van der Waals surface area contributed by atoms with Crippen molar-refractivity contribution >= 4 is 5.97 Å². The van der Waals surface area contributed by atoms with Gasteiger partial charge in [0, 0.05) is 38.4 Å². The lowest BCUT2D eigenvalue weighted by Gasteiger charge is -2.38. The molecule has 1 N–H and O–H groups in total. The molecule has 2 aromatic rings. The van der Waals surface area contributed by atoms with Crippen molar-refractivity contribution in [1.82, 2.24) is 9.88 Å². The number of carbonyl (C=O) groups is 1. The number of alkyl halides is 3. The largest absolute Gasteiger partial charge is 0.490 e. The van der Waals surface area contributed by atoms with E-state index in [0.717, 1.165) is 45.5 Å². The number of rotatable bonds is 5. The average Bonchev–Trinajstić information content (AvgIpc) is 3.18. The monoisotopic (exact) mass is 452 g/mol. The van der Waals surface area contributed by atoms with Crippen molar-refractivity contribution in [3.63, 3.8) is 0 Å². The quantitative estimate of drug-likeness (QED) is 0.738. The first-order valence-electron chi connectivity index (χ1n) is 10.5. The molecule has 9 heteroatoms. The minimum atomic E-state index is -5.08. The van der Waals surface area contributed by atoms with Crippen LogP contribution in [0.15, 0.2) is 54.9 Å². The van der Waals surface area contributed by atoms with Crippen molar-refractivity contribution in [1.29, 1.82) is 0 Å². The van der Waals surface area contributed by atoms with E-state index < -0.39 is 12.1 Å². The highest BCUT2D eigenvalue weighted by Crippen LogP contribution is 2.37. The van der Waals surface area contributed by atoms with Crippen LogP contribution in [-0.4, -0.2) is 58.5 Å². The molecule has 1 aromatic carbocycles. The lowest BCUT2D eigenvalue weighted by Crippen LogP contribution is -2.43. The molecule has 3 heterocycles. The van der Waals surface area contributed by atoms with Gasteiger partial charge in [-0.1, -0.05) is 30.3 Å². The molecule has 2 aliphatic heterocycles. The Bertz CT molecular complexity index is 841. The topological polar surface area (TPSA) is 71.9 Å². The highest BCUT2D eigenvalue weighted by atomic mass is 19.4. The summed E-state index contributed by atoms with van der Waals surface area (Å²) in [6.45, 7) is 4.60. The van der Waals surface area contributed by atoms with Gasteiger partial charge in [0.15, 0.2) is 0 Å². The van der Waals surface area contributed by atoms with Crippen LogP contribution in [0.4, 0.5) is 13.2 Å². The van der Waals surface area contributed by atoms with Crippen LogP contribution in [0.5, 0.6) is 0 Å². The first kappa shape index (κ1) is 24.2. The molecule has 0 aliphatic carbocycles. The molecular formula is C23H27F3N2O4. The van der Waals surface area contributed by atoms with Gasteiger partial charge in [0.1, 0.15) is 0 Å². The van der Waals surface area contributed by atoms with Crippen LogP contribution < -0.4 is 0 Å². The Morgan fingerprint density at radius 3 is 2.34 bits per heavy atom. The zero-order valence-corrected chi connectivity index (χ0v) is 17.6. The van der Waals surface area contributed by atoms with Crippen LogP contribution in [-0.2, 0) is 27.4 Å². The smallest absolute Gasteiger partial charge is 0.475 e. The molecule has 1 spiro atoms. The van der Waals surface area contributed by atoms with Gasteiger partial charge in [-0.05, 0) is 36.1 Å². The number of halogens is 3. The van der Waals surface area contributed by atoms with Gasteiger partial charge in [-0.2, -0.15) is 13.2 Å². The maximum absolute atomic E-state index is 10.6. The Morgan fingerprint density at radius 1 is 1.12 bits per heavy atom. The third kappa shape index (κ3) is 7.29. The van der Waals surface area contributed by atoms with Gasteiger partial charge >= 0.3 is 12.1 Å². The van der Waals surface area contributed by atoms with Gasteiger partial charge in [-0.15, -0.1) is 0 Å². The van der Waals surface area contributed by atoms with Crippen molar-refractivity contribution in [3.8, 4) is 0 Å². The number of hydrogen-bond acceptors (Lipinski definition) is 5. The van der Waals surface area contributed by atoms with Gasteiger partial charge in [0.25, 0.3) is 0 Å². The zero-order valence-electron chi connectivity index (χ0n) is 17.6. The van der Waals surface area contributed by atoms with Crippen LogP contribution in [0, 0.1) is 0 Å². The van der Waals surface area contributed by atoms with E-state index >= 15 is 0 Å².